The zero-order valence-electron chi connectivity index (χ0n) is 10.8. The Morgan fingerprint density at radius 2 is 1.74 bits per heavy atom. The SMILES string of the molecule is O=C(O)Cc1nnc(C23CC4CC(CC(C4)C2)C3)o1. The molecule has 102 valence electrons. The first-order valence-corrected chi connectivity index (χ1v) is 7.18. The summed E-state index contributed by atoms with van der Waals surface area (Å²) in [7, 11) is 0. The molecule has 0 amide bonds. The number of aliphatic carboxylic acids is 1. The van der Waals surface area contributed by atoms with E-state index in [0.29, 0.717) is 5.89 Å². The lowest BCUT2D eigenvalue weighted by atomic mass is 9.49. The molecule has 4 fully saturated rings. The van der Waals surface area contributed by atoms with E-state index >= 15 is 0 Å². The van der Waals surface area contributed by atoms with Gasteiger partial charge < -0.3 is 9.52 Å². The molecule has 0 saturated heterocycles. The van der Waals surface area contributed by atoms with Gasteiger partial charge in [-0.15, -0.1) is 10.2 Å². The maximum atomic E-state index is 10.7. The Bertz CT molecular complexity index is 487. The molecule has 0 aromatic carbocycles. The molecule has 1 aromatic rings. The second-order valence-corrected chi connectivity index (χ2v) is 6.77. The van der Waals surface area contributed by atoms with Gasteiger partial charge in [-0.05, 0) is 56.3 Å². The summed E-state index contributed by atoms with van der Waals surface area (Å²) in [5, 5.41) is 16.9. The number of aromatic nitrogens is 2. The lowest BCUT2D eigenvalue weighted by Crippen LogP contribution is -2.48. The van der Waals surface area contributed by atoms with Crippen molar-refractivity contribution in [2.75, 3.05) is 0 Å². The predicted octanol–water partition coefficient (Wildman–Crippen LogP) is 2.16. The molecular formula is C14H18N2O3. The molecule has 1 N–H and O–H groups in total. The van der Waals surface area contributed by atoms with Gasteiger partial charge in [0.15, 0.2) is 0 Å². The number of carboxylic acid groups (broad SMARTS) is 1. The van der Waals surface area contributed by atoms with Crippen molar-refractivity contribution in [1.29, 1.82) is 0 Å². The minimum Gasteiger partial charge on any atom is -0.481 e. The van der Waals surface area contributed by atoms with Crippen LogP contribution in [0.3, 0.4) is 0 Å². The van der Waals surface area contributed by atoms with Crippen LogP contribution in [-0.2, 0) is 16.6 Å². The number of nitrogens with zero attached hydrogens (tertiary/aromatic N) is 2. The Morgan fingerprint density at radius 1 is 1.16 bits per heavy atom. The molecule has 0 radical (unpaired) electrons. The van der Waals surface area contributed by atoms with E-state index in [1.165, 1.54) is 19.3 Å². The van der Waals surface area contributed by atoms with Crippen molar-refractivity contribution in [1.82, 2.24) is 10.2 Å². The summed E-state index contributed by atoms with van der Waals surface area (Å²) < 4.78 is 5.68. The van der Waals surface area contributed by atoms with E-state index in [2.05, 4.69) is 10.2 Å². The average Bonchev–Trinajstić information content (AvgIpc) is 2.75. The van der Waals surface area contributed by atoms with Crippen molar-refractivity contribution in [3.05, 3.63) is 11.8 Å². The minimum atomic E-state index is -0.916. The van der Waals surface area contributed by atoms with Gasteiger partial charge in [-0.25, -0.2) is 0 Å². The summed E-state index contributed by atoms with van der Waals surface area (Å²) in [4.78, 5) is 10.7. The Kier molecular flexibility index (Phi) is 2.29. The Labute approximate surface area is 111 Å². The highest BCUT2D eigenvalue weighted by atomic mass is 16.4. The van der Waals surface area contributed by atoms with Crippen LogP contribution in [0, 0.1) is 17.8 Å². The third-order valence-corrected chi connectivity index (χ3v) is 5.26. The minimum absolute atomic E-state index is 0.0680. The van der Waals surface area contributed by atoms with Gasteiger partial charge in [0.05, 0.1) is 0 Å². The van der Waals surface area contributed by atoms with Gasteiger partial charge in [-0.1, -0.05) is 0 Å². The highest BCUT2D eigenvalue weighted by molar-refractivity contribution is 5.68. The van der Waals surface area contributed by atoms with Gasteiger partial charge in [-0.3, -0.25) is 4.79 Å². The van der Waals surface area contributed by atoms with Crippen LogP contribution in [0.4, 0.5) is 0 Å². The van der Waals surface area contributed by atoms with E-state index in [4.69, 9.17) is 9.52 Å². The molecule has 4 bridgehead atoms. The zero-order chi connectivity index (χ0) is 13.0. The lowest BCUT2D eigenvalue weighted by Gasteiger charge is -2.55. The monoisotopic (exact) mass is 262 g/mol. The van der Waals surface area contributed by atoms with Gasteiger partial charge in [-0.2, -0.15) is 0 Å². The summed E-state index contributed by atoms with van der Waals surface area (Å²) in [6, 6.07) is 0. The van der Waals surface area contributed by atoms with Gasteiger partial charge in [0.1, 0.15) is 6.42 Å². The normalized spacial score (nSPS) is 39.7. The Balaban J connectivity index is 1.64. The third-order valence-electron chi connectivity index (χ3n) is 5.26. The second-order valence-electron chi connectivity index (χ2n) is 6.77. The molecule has 4 aliphatic carbocycles. The quantitative estimate of drug-likeness (QED) is 0.903. The predicted molar refractivity (Wildman–Crippen MR) is 65.5 cm³/mol. The fraction of sp³-hybridized carbons (Fsp3) is 0.786. The number of rotatable bonds is 3. The summed E-state index contributed by atoms with van der Waals surface area (Å²) >= 11 is 0. The van der Waals surface area contributed by atoms with Crippen LogP contribution in [0.2, 0.25) is 0 Å². The number of carbonyl (C=O) groups is 1. The van der Waals surface area contributed by atoms with Crippen molar-refractivity contribution in [3.8, 4) is 0 Å². The van der Waals surface area contributed by atoms with E-state index in [0.717, 1.165) is 37.0 Å². The van der Waals surface area contributed by atoms with Crippen molar-refractivity contribution in [2.24, 2.45) is 17.8 Å². The highest BCUT2D eigenvalue weighted by Crippen LogP contribution is 2.60. The number of hydrogen-bond donors (Lipinski definition) is 1. The molecule has 0 atom stereocenters. The molecule has 1 aromatic heterocycles. The fourth-order valence-corrected chi connectivity index (χ4v) is 5.04. The van der Waals surface area contributed by atoms with Crippen LogP contribution in [-0.4, -0.2) is 21.3 Å². The topological polar surface area (TPSA) is 76.2 Å². The molecular weight excluding hydrogens is 244 g/mol. The standard InChI is InChI=1S/C14H18N2O3/c17-12(18)4-11-15-16-13(19-11)14-5-8-1-9(6-14)3-10(2-8)7-14/h8-10H,1-7H2,(H,17,18). The summed E-state index contributed by atoms with van der Waals surface area (Å²) in [5.74, 6) is 2.50. The molecule has 0 aliphatic heterocycles. The molecule has 19 heavy (non-hydrogen) atoms. The van der Waals surface area contributed by atoms with Gasteiger partial charge in [0.25, 0.3) is 0 Å². The molecule has 1 heterocycles. The van der Waals surface area contributed by atoms with Crippen molar-refractivity contribution in [2.45, 2.75) is 50.4 Å². The molecule has 0 unspecified atom stereocenters. The fourth-order valence-electron chi connectivity index (χ4n) is 5.04. The van der Waals surface area contributed by atoms with Crippen LogP contribution in [0.15, 0.2) is 4.42 Å². The average molecular weight is 262 g/mol. The van der Waals surface area contributed by atoms with Crippen LogP contribution in [0.1, 0.15) is 50.3 Å². The molecule has 0 spiro atoms. The highest BCUT2D eigenvalue weighted by Gasteiger charge is 2.54. The number of hydrogen-bond acceptors (Lipinski definition) is 4. The molecule has 5 heteroatoms. The summed E-state index contributed by atoms with van der Waals surface area (Å²) in [6.45, 7) is 0. The van der Waals surface area contributed by atoms with Gasteiger partial charge in [0, 0.05) is 5.41 Å². The maximum absolute atomic E-state index is 10.7. The van der Waals surface area contributed by atoms with Crippen LogP contribution >= 0.6 is 0 Å². The molecule has 4 aliphatic rings. The van der Waals surface area contributed by atoms with Crippen molar-refractivity contribution < 1.29 is 14.3 Å². The first kappa shape index (κ1) is 11.4. The number of carboxylic acids is 1. The molecule has 4 saturated carbocycles. The van der Waals surface area contributed by atoms with Gasteiger partial charge >= 0.3 is 5.97 Å². The van der Waals surface area contributed by atoms with Crippen LogP contribution in [0.5, 0.6) is 0 Å². The maximum Gasteiger partial charge on any atom is 0.312 e. The van der Waals surface area contributed by atoms with E-state index in [-0.39, 0.29) is 17.7 Å². The zero-order valence-corrected chi connectivity index (χ0v) is 10.8. The largest absolute Gasteiger partial charge is 0.481 e. The van der Waals surface area contributed by atoms with Crippen molar-refractivity contribution >= 4 is 5.97 Å². The van der Waals surface area contributed by atoms with Crippen molar-refractivity contribution in [3.63, 3.8) is 0 Å². The van der Waals surface area contributed by atoms with E-state index in [1.807, 2.05) is 0 Å². The second kappa shape index (κ2) is 3.81. The van der Waals surface area contributed by atoms with Crippen LogP contribution in [0.25, 0.3) is 0 Å². The third kappa shape index (κ3) is 1.78. The molecule has 5 nitrogen and oxygen atoms in total. The summed E-state index contributed by atoms with van der Waals surface area (Å²) in [6.07, 6.45) is 7.43. The van der Waals surface area contributed by atoms with E-state index in [9.17, 15) is 4.79 Å². The summed E-state index contributed by atoms with van der Waals surface area (Å²) in [5.41, 5.74) is 0.0680. The van der Waals surface area contributed by atoms with Crippen LogP contribution < -0.4 is 0 Å². The smallest absolute Gasteiger partial charge is 0.312 e. The first-order valence-electron chi connectivity index (χ1n) is 7.18. The lowest BCUT2D eigenvalue weighted by molar-refractivity contribution is -0.136. The first-order chi connectivity index (χ1) is 9.13. The van der Waals surface area contributed by atoms with Gasteiger partial charge in [0.2, 0.25) is 11.8 Å². The Hall–Kier alpha value is -1.39. The van der Waals surface area contributed by atoms with E-state index in [1.54, 1.807) is 0 Å². The van der Waals surface area contributed by atoms with E-state index < -0.39 is 5.97 Å². The Morgan fingerprint density at radius 3 is 2.26 bits per heavy atom. The molecule has 5 rings (SSSR count).